The van der Waals surface area contributed by atoms with Gasteiger partial charge in [0.05, 0.1) is 15.5 Å². The second-order valence-corrected chi connectivity index (χ2v) is 8.52. The van der Waals surface area contributed by atoms with Crippen LogP contribution < -0.4 is 14.4 Å². The molecule has 4 rings (SSSR count). The lowest BCUT2D eigenvalue weighted by molar-refractivity contribution is -0.384. The molecule has 1 aliphatic heterocycles. The summed E-state index contributed by atoms with van der Waals surface area (Å²) < 4.78 is 11.8. The van der Waals surface area contributed by atoms with Gasteiger partial charge in [-0.1, -0.05) is 60.4 Å². The standard InChI is InChI=1S/C24H18N2O5S2/c27-23-22(33-24(32)25(23)18-7-3-1-4-8-18)16-17-15-19(26(28)29)11-12-21(17)31-14-13-30-20-9-5-2-6-10-20/h1-12,15-16H,13-14H2. The molecule has 0 bridgehead atoms. The van der Waals surface area contributed by atoms with Crippen molar-refractivity contribution < 1.29 is 19.2 Å². The number of rotatable bonds is 8. The van der Waals surface area contributed by atoms with Gasteiger partial charge in [-0.05, 0) is 36.4 Å². The van der Waals surface area contributed by atoms with Crippen LogP contribution >= 0.6 is 24.0 Å². The van der Waals surface area contributed by atoms with E-state index in [0.717, 1.165) is 17.5 Å². The highest BCUT2D eigenvalue weighted by Gasteiger charge is 2.33. The monoisotopic (exact) mass is 478 g/mol. The van der Waals surface area contributed by atoms with Crippen molar-refractivity contribution in [3.05, 3.63) is 99.4 Å². The Morgan fingerprint density at radius 1 is 0.970 bits per heavy atom. The molecule has 0 saturated carbocycles. The number of thioether (sulfide) groups is 1. The SMILES string of the molecule is O=C1C(=Cc2cc([N+](=O)[O-])ccc2OCCOc2ccccc2)SC(=S)N1c1ccccc1. The lowest BCUT2D eigenvalue weighted by Gasteiger charge is -2.14. The van der Waals surface area contributed by atoms with Crippen LogP contribution in [0.25, 0.3) is 6.08 Å². The highest BCUT2D eigenvalue weighted by atomic mass is 32.2. The van der Waals surface area contributed by atoms with Crippen LogP contribution in [-0.4, -0.2) is 28.4 Å². The van der Waals surface area contributed by atoms with E-state index < -0.39 is 4.92 Å². The lowest BCUT2D eigenvalue weighted by atomic mass is 10.1. The van der Waals surface area contributed by atoms with Crippen LogP contribution in [-0.2, 0) is 4.79 Å². The summed E-state index contributed by atoms with van der Waals surface area (Å²) in [5.41, 5.74) is 0.974. The second kappa shape index (κ2) is 10.3. The molecule has 0 radical (unpaired) electrons. The molecular formula is C24H18N2O5S2. The minimum absolute atomic E-state index is 0.104. The molecule has 166 valence electrons. The summed E-state index contributed by atoms with van der Waals surface area (Å²) in [6.07, 6.45) is 1.57. The third kappa shape index (κ3) is 5.39. The van der Waals surface area contributed by atoms with Crippen molar-refractivity contribution in [2.24, 2.45) is 0 Å². The smallest absolute Gasteiger partial charge is 0.270 e. The van der Waals surface area contributed by atoms with E-state index in [-0.39, 0.29) is 24.8 Å². The first kappa shape index (κ1) is 22.5. The summed E-state index contributed by atoms with van der Waals surface area (Å²) in [4.78, 5) is 25.6. The summed E-state index contributed by atoms with van der Waals surface area (Å²) in [5.74, 6) is 0.831. The van der Waals surface area contributed by atoms with Crippen LogP contribution in [0, 0.1) is 10.1 Å². The number of hydrogen-bond acceptors (Lipinski definition) is 7. The maximum absolute atomic E-state index is 13.0. The molecule has 9 heteroatoms. The molecule has 0 aliphatic carbocycles. The van der Waals surface area contributed by atoms with Gasteiger partial charge in [0.2, 0.25) is 0 Å². The number of non-ortho nitro benzene ring substituents is 1. The Morgan fingerprint density at radius 3 is 2.33 bits per heavy atom. The third-order valence-corrected chi connectivity index (χ3v) is 5.95. The number of nitro groups is 1. The average molecular weight is 479 g/mol. The highest BCUT2D eigenvalue weighted by molar-refractivity contribution is 8.27. The minimum atomic E-state index is -0.491. The van der Waals surface area contributed by atoms with Crippen LogP contribution in [0.1, 0.15) is 5.56 Å². The van der Waals surface area contributed by atoms with E-state index in [0.29, 0.717) is 26.2 Å². The van der Waals surface area contributed by atoms with Gasteiger partial charge in [-0.3, -0.25) is 19.8 Å². The van der Waals surface area contributed by atoms with Crippen molar-refractivity contribution in [2.45, 2.75) is 0 Å². The molecule has 1 fully saturated rings. The largest absolute Gasteiger partial charge is 0.490 e. The molecule has 1 amide bonds. The first-order valence-corrected chi connectivity index (χ1v) is 11.2. The Labute approximate surface area is 199 Å². The Balaban J connectivity index is 1.54. The third-order valence-electron chi connectivity index (χ3n) is 4.65. The number of hydrogen-bond donors (Lipinski definition) is 0. The van der Waals surface area contributed by atoms with E-state index in [9.17, 15) is 14.9 Å². The topological polar surface area (TPSA) is 81.9 Å². The van der Waals surface area contributed by atoms with E-state index in [1.165, 1.54) is 23.1 Å². The number of para-hydroxylation sites is 2. The molecule has 1 aliphatic rings. The van der Waals surface area contributed by atoms with Crippen molar-refractivity contribution in [3.8, 4) is 11.5 Å². The molecule has 7 nitrogen and oxygen atoms in total. The van der Waals surface area contributed by atoms with Crippen molar-refractivity contribution in [1.29, 1.82) is 0 Å². The number of ether oxygens (including phenoxy) is 2. The zero-order valence-electron chi connectivity index (χ0n) is 17.2. The second-order valence-electron chi connectivity index (χ2n) is 6.84. The summed E-state index contributed by atoms with van der Waals surface area (Å²) in [7, 11) is 0. The Kier molecular flexibility index (Phi) is 7.01. The van der Waals surface area contributed by atoms with Gasteiger partial charge in [-0.15, -0.1) is 0 Å². The van der Waals surface area contributed by atoms with Crippen molar-refractivity contribution >= 4 is 51.7 Å². The van der Waals surface area contributed by atoms with Gasteiger partial charge in [0.15, 0.2) is 4.32 Å². The molecule has 0 spiro atoms. The molecule has 0 unspecified atom stereocenters. The van der Waals surface area contributed by atoms with Gasteiger partial charge < -0.3 is 9.47 Å². The van der Waals surface area contributed by atoms with Crippen molar-refractivity contribution in [3.63, 3.8) is 0 Å². The summed E-state index contributed by atoms with van der Waals surface area (Å²) in [6, 6.07) is 22.7. The van der Waals surface area contributed by atoms with Gasteiger partial charge >= 0.3 is 0 Å². The number of carbonyl (C=O) groups is 1. The van der Waals surface area contributed by atoms with Crippen LogP contribution in [0.3, 0.4) is 0 Å². The Morgan fingerprint density at radius 2 is 1.64 bits per heavy atom. The molecule has 3 aromatic rings. The number of benzene rings is 3. The number of nitrogens with zero attached hydrogens (tertiary/aromatic N) is 2. The zero-order valence-corrected chi connectivity index (χ0v) is 18.9. The van der Waals surface area contributed by atoms with Gasteiger partial charge in [-0.2, -0.15) is 0 Å². The van der Waals surface area contributed by atoms with Crippen LogP contribution in [0.4, 0.5) is 11.4 Å². The van der Waals surface area contributed by atoms with Crippen LogP contribution in [0.5, 0.6) is 11.5 Å². The fourth-order valence-corrected chi connectivity index (χ4v) is 4.42. The van der Waals surface area contributed by atoms with Crippen molar-refractivity contribution in [1.82, 2.24) is 0 Å². The molecule has 33 heavy (non-hydrogen) atoms. The summed E-state index contributed by atoms with van der Waals surface area (Å²) >= 11 is 6.54. The molecule has 0 N–H and O–H groups in total. The zero-order chi connectivity index (χ0) is 23.2. The molecule has 3 aromatic carbocycles. The molecular weight excluding hydrogens is 460 g/mol. The van der Waals surface area contributed by atoms with E-state index in [4.69, 9.17) is 21.7 Å². The van der Waals surface area contributed by atoms with Crippen molar-refractivity contribution in [2.75, 3.05) is 18.1 Å². The highest BCUT2D eigenvalue weighted by Crippen LogP contribution is 2.37. The molecule has 1 heterocycles. The van der Waals surface area contributed by atoms with Gasteiger partial charge in [0.1, 0.15) is 24.7 Å². The number of nitro benzene ring substituents is 1. The van der Waals surface area contributed by atoms with E-state index >= 15 is 0 Å². The predicted octanol–water partition coefficient (Wildman–Crippen LogP) is 5.46. The van der Waals surface area contributed by atoms with E-state index in [1.54, 1.807) is 18.2 Å². The summed E-state index contributed by atoms with van der Waals surface area (Å²) in [6.45, 7) is 0.509. The number of amides is 1. The maximum Gasteiger partial charge on any atom is 0.270 e. The van der Waals surface area contributed by atoms with Gasteiger partial charge in [0.25, 0.3) is 11.6 Å². The van der Waals surface area contributed by atoms with Gasteiger partial charge in [-0.25, -0.2) is 0 Å². The number of thiocarbonyl (C=S) groups is 1. The van der Waals surface area contributed by atoms with Gasteiger partial charge in [0, 0.05) is 17.7 Å². The van der Waals surface area contributed by atoms with E-state index in [2.05, 4.69) is 0 Å². The Bertz CT molecular complexity index is 1220. The summed E-state index contributed by atoms with van der Waals surface area (Å²) in [5, 5.41) is 11.3. The average Bonchev–Trinajstić information content (AvgIpc) is 3.11. The van der Waals surface area contributed by atoms with Crippen LogP contribution in [0.2, 0.25) is 0 Å². The fraction of sp³-hybridized carbons (Fsp3) is 0.0833. The fourth-order valence-electron chi connectivity index (χ4n) is 3.13. The van der Waals surface area contributed by atoms with Crippen LogP contribution in [0.15, 0.2) is 83.8 Å². The molecule has 0 atom stereocenters. The first-order chi connectivity index (χ1) is 16.0. The molecule has 1 saturated heterocycles. The van der Waals surface area contributed by atoms with E-state index in [1.807, 2.05) is 48.5 Å². The first-order valence-electron chi connectivity index (χ1n) is 9.95. The lowest BCUT2D eigenvalue weighted by Crippen LogP contribution is -2.27. The Hall–Kier alpha value is -3.69. The minimum Gasteiger partial charge on any atom is -0.490 e. The quantitative estimate of drug-likeness (QED) is 0.140. The molecule has 0 aromatic heterocycles. The predicted molar refractivity (Wildman–Crippen MR) is 133 cm³/mol. The maximum atomic E-state index is 13.0. The number of carbonyl (C=O) groups excluding carboxylic acids is 1. The number of anilines is 1. The normalized spacial score (nSPS) is 14.5.